The van der Waals surface area contributed by atoms with E-state index < -0.39 is 0 Å². The summed E-state index contributed by atoms with van der Waals surface area (Å²) in [6.07, 6.45) is 6.66. The van der Waals surface area contributed by atoms with Crippen LogP contribution in [0.2, 0.25) is 0 Å². The summed E-state index contributed by atoms with van der Waals surface area (Å²) in [5, 5.41) is 0. The standard InChI is InChI=1S/C16H32N2/c1-12-6-5-9-18(12)11-13-10-14(16(2,3)4)7-8-15(13)17/h12-15H,5-11,17H2,1-4H3. The van der Waals surface area contributed by atoms with Crippen molar-refractivity contribution in [2.75, 3.05) is 13.1 Å². The summed E-state index contributed by atoms with van der Waals surface area (Å²) in [4.78, 5) is 2.68. The van der Waals surface area contributed by atoms with Crippen molar-refractivity contribution in [3.05, 3.63) is 0 Å². The molecule has 2 N–H and O–H groups in total. The molecule has 1 saturated heterocycles. The van der Waals surface area contributed by atoms with E-state index in [1.807, 2.05) is 0 Å². The zero-order valence-corrected chi connectivity index (χ0v) is 12.8. The molecular formula is C16H32N2. The number of rotatable bonds is 2. The molecule has 2 rings (SSSR count). The summed E-state index contributed by atoms with van der Waals surface area (Å²) in [6.45, 7) is 12.1. The zero-order valence-electron chi connectivity index (χ0n) is 12.8. The first-order valence-corrected chi connectivity index (χ1v) is 7.87. The van der Waals surface area contributed by atoms with Gasteiger partial charge in [0.05, 0.1) is 0 Å². The smallest absolute Gasteiger partial charge is 0.00795 e. The molecular weight excluding hydrogens is 220 g/mol. The van der Waals surface area contributed by atoms with Gasteiger partial charge < -0.3 is 10.6 Å². The van der Waals surface area contributed by atoms with E-state index in [-0.39, 0.29) is 0 Å². The van der Waals surface area contributed by atoms with Crippen molar-refractivity contribution < 1.29 is 0 Å². The fourth-order valence-corrected chi connectivity index (χ4v) is 3.85. The van der Waals surface area contributed by atoms with Crippen LogP contribution in [0.15, 0.2) is 0 Å². The molecule has 1 aliphatic heterocycles. The van der Waals surface area contributed by atoms with E-state index in [1.54, 1.807) is 0 Å². The Balaban J connectivity index is 1.93. The zero-order chi connectivity index (χ0) is 13.3. The minimum absolute atomic E-state index is 0.441. The molecule has 1 aliphatic carbocycles. The predicted octanol–water partition coefficient (Wildman–Crippen LogP) is 3.26. The first kappa shape index (κ1) is 14.3. The van der Waals surface area contributed by atoms with Gasteiger partial charge >= 0.3 is 0 Å². The Morgan fingerprint density at radius 1 is 1.17 bits per heavy atom. The first-order chi connectivity index (χ1) is 8.38. The van der Waals surface area contributed by atoms with E-state index in [1.165, 1.54) is 45.2 Å². The van der Waals surface area contributed by atoms with Gasteiger partial charge in [0.15, 0.2) is 0 Å². The molecule has 0 aromatic carbocycles. The van der Waals surface area contributed by atoms with Crippen molar-refractivity contribution in [2.45, 2.75) is 71.9 Å². The lowest BCUT2D eigenvalue weighted by molar-refractivity contribution is 0.0972. The van der Waals surface area contributed by atoms with Crippen molar-refractivity contribution in [1.29, 1.82) is 0 Å². The number of hydrogen-bond donors (Lipinski definition) is 1. The minimum Gasteiger partial charge on any atom is -0.327 e. The van der Waals surface area contributed by atoms with Crippen LogP contribution in [0.5, 0.6) is 0 Å². The van der Waals surface area contributed by atoms with Crippen molar-refractivity contribution in [1.82, 2.24) is 4.90 Å². The molecule has 1 saturated carbocycles. The van der Waals surface area contributed by atoms with Gasteiger partial charge in [0.2, 0.25) is 0 Å². The molecule has 0 amide bonds. The largest absolute Gasteiger partial charge is 0.327 e. The minimum atomic E-state index is 0.441. The fourth-order valence-electron chi connectivity index (χ4n) is 3.85. The molecule has 2 nitrogen and oxygen atoms in total. The number of hydrogen-bond acceptors (Lipinski definition) is 2. The van der Waals surface area contributed by atoms with E-state index in [0.717, 1.165) is 17.9 Å². The highest BCUT2D eigenvalue weighted by Crippen LogP contribution is 2.40. The Kier molecular flexibility index (Phi) is 4.38. The van der Waals surface area contributed by atoms with Gasteiger partial charge in [-0.2, -0.15) is 0 Å². The normalized spacial score (nSPS) is 39.2. The highest BCUT2D eigenvalue weighted by atomic mass is 15.2. The lowest BCUT2D eigenvalue weighted by Gasteiger charge is -2.42. The molecule has 0 spiro atoms. The van der Waals surface area contributed by atoms with Crippen molar-refractivity contribution in [3.8, 4) is 0 Å². The maximum Gasteiger partial charge on any atom is 0.00795 e. The fraction of sp³-hybridized carbons (Fsp3) is 1.00. The molecule has 2 aliphatic rings. The summed E-state index contributed by atoms with van der Waals surface area (Å²) in [5.74, 6) is 1.59. The number of likely N-dealkylation sites (tertiary alicyclic amines) is 1. The maximum atomic E-state index is 6.38. The Morgan fingerprint density at radius 3 is 2.44 bits per heavy atom. The molecule has 2 heteroatoms. The molecule has 2 fully saturated rings. The molecule has 1 heterocycles. The van der Waals surface area contributed by atoms with Crippen LogP contribution in [0.25, 0.3) is 0 Å². The van der Waals surface area contributed by atoms with Gasteiger partial charge in [-0.3, -0.25) is 0 Å². The van der Waals surface area contributed by atoms with Crippen LogP contribution in [0.4, 0.5) is 0 Å². The van der Waals surface area contributed by atoms with Crippen LogP contribution in [0, 0.1) is 17.3 Å². The second kappa shape index (κ2) is 5.50. The van der Waals surface area contributed by atoms with E-state index >= 15 is 0 Å². The lowest BCUT2D eigenvalue weighted by Crippen LogP contribution is -2.45. The van der Waals surface area contributed by atoms with Crippen LogP contribution >= 0.6 is 0 Å². The van der Waals surface area contributed by atoms with Crippen molar-refractivity contribution in [2.24, 2.45) is 23.0 Å². The van der Waals surface area contributed by atoms with Crippen LogP contribution in [-0.2, 0) is 0 Å². The average Bonchev–Trinajstić information content (AvgIpc) is 2.66. The summed E-state index contributed by atoms with van der Waals surface area (Å²) in [6, 6.07) is 1.23. The van der Waals surface area contributed by atoms with Gasteiger partial charge in [-0.25, -0.2) is 0 Å². The van der Waals surface area contributed by atoms with Crippen LogP contribution < -0.4 is 5.73 Å². The van der Waals surface area contributed by atoms with Gasteiger partial charge in [0, 0.05) is 18.6 Å². The number of nitrogens with zero attached hydrogens (tertiary/aromatic N) is 1. The molecule has 0 aromatic heterocycles. The summed E-state index contributed by atoms with van der Waals surface area (Å²) < 4.78 is 0. The summed E-state index contributed by atoms with van der Waals surface area (Å²) in [5.41, 5.74) is 6.83. The van der Waals surface area contributed by atoms with Crippen LogP contribution in [0.3, 0.4) is 0 Å². The van der Waals surface area contributed by atoms with E-state index in [9.17, 15) is 0 Å². The van der Waals surface area contributed by atoms with E-state index in [2.05, 4.69) is 32.6 Å². The van der Waals surface area contributed by atoms with Gasteiger partial charge in [0.1, 0.15) is 0 Å². The third-order valence-corrected chi connectivity index (χ3v) is 5.43. The van der Waals surface area contributed by atoms with Crippen molar-refractivity contribution in [3.63, 3.8) is 0 Å². The highest BCUT2D eigenvalue weighted by molar-refractivity contribution is 4.90. The quantitative estimate of drug-likeness (QED) is 0.817. The second-order valence-electron chi connectivity index (χ2n) is 7.79. The van der Waals surface area contributed by atoms with Crippen molar-refractivity contribution >= 4 is 0 Å². The highest BCUT2D eigenvalue weighted by Gasteiger charge is 2.36. The Labute approximate surface area is 113 Å². The average molecular weight is 252 g/mol. The first-order valence-electron chi connectivity index (χ1n) is 7.87. The molecule has 0 aromatic rings. The Hall–Kier alpha value is -0.0800. The molecule has 4 atom stereocenters. The third kappa shape index (κ3) is 3.27. The predicted molar refractivity (Wildman–Crippen MR) is 78.5 cm³/mol. The van der Waals surface area contributed by atoms with E-state index in [4.69, 9.17) is 5.73 Å². The summed E-state index contributed by atoms with van der Waals surface area (Å²) in [7, 11) is 0. The van der Waals surface area contributed by atoms with E-state index in [0.29, 0.717) is 11.5 Å². The molecule has 4 unspecified atom stereocenters. The van der Waals surface area contributed by atoms with Gasteiger partial charge in [-0.15, -0.1) is 0 Å². The molecule has 106 valence electrons. The molecule has 0 bridgehead atoms. The maximum absolute atomic E-state index is 6.38. The third-order valence-electron chi connectivity index (χ3n) is 5.43. The topological polar surface area (TPSA) is 29.3 Å². The summed E-state index contributed by atoms with van der Waals surface area (Å²) >= 11 is 0. The molecule has 0 radical (unpaired) electrons. The molecule has 18 heavy (non-hydrogen) atoms. The Bertz CT molecular complexity index is 267. The van der Waals surface area contributed by atoms with Crippen LogP contribution in [-0.4, -0.2) is 30.1 Å². The monoisotopic (exact) mass is 252 g/mol. The van der Waals surface area contributed by atoms with Gasteiger partial charge in [0.25, 0.3) is 0 Å². The lowest BCUT2D eigenvalue weighted by atomic mass is 9.67. The van der Waals surface area contributed by atoms with Crippen LogP contribution in [0.1, 0.15) is 59.8 Å². The van der Waals surface area contributed by atoms with Gasteiger partial charge in [-0.1, -0.05) is 20.8 Å². The number of nitrogens with two attached hydrogens (primary N) is 1. The second-order valence-corrected chi connectivity index (χ2v) is 7.79. The van der Waals surface area contributed by atoms with Gasteiger partial charge in [-0.05, 0) is 62.8 Å². The Morgan fingerprint density at radius 2 is 1.89 bits per heavy atom. The SMILES string of the molecule is CC1CCCN1CC1CC(C(C)(C)C)CCC1N.